The highest BCUT2D eigenvalue weighted by molar-refractivity contribution is 7.47. The molecular formula is C78H152O17P2. The van der Waals surface area contributed by atoms with Crippen LogP contribution in [0.3, 0.4) is 0 Å². The fraction of sp³-hybridized carbons (Fsp3) is 0.949. The van der Waals surface area contributed by atoms with E-state index in [1.165, 1.54) is 218 Å². The van der Waals surface area contributed by atoms with E-state index < -0.39 is 97.5 Å². The highest BCUT2D eigenvalue weighted by Crippen LogP contribution is 2.45. The molecule has 3 N–H and O–H groups in total. The van der Waals surface area contributed by atoms with Crippen LogP contribution in [0.4, 0.5) is 0 Å². The number of carbonyl (C=O) groups is 4. The summed E-state index contributed by atoms with van der Waals surface area (Å²) >= 11 is 0. The second kappa shape index (κ2) is 69.8. The van der Waals surface area contributed by atoms with Gasteiger partial charge >= 0.3 is 39.5 Å². The number of phosphoric ester groups is 2. The van der Waals surface area contributed by atoms with Crippen molar-refractivity contribution in [3.05, 3.63) is 0 Å². The summed E-state index contributed by atoms with van der Waals surface area (Å²) < 4.78 is 68.6. The predicted octanol–water partition coefficient (Wildman–Crippen LogP) is 23.1. The van der Waals surface area contributed by atoms with Gasteiger partial charge in [0.25, 0.3) is 0 Å². The molecule has 0 saturated carbocycles. The summed E-state index contributed by atoms with van der Waals surface area (Å²) in [5.74, 6) is -0.585. The van der Waals surface area contributed by atoms with E-state index >= 15 is 0 Å². The maximum atomic E-state index is 13.1. The molecule has 0 aromatic carbocycles. The lowest BCUT2D eigenvalue weighted by molar-refractivity contribution is -0.161. The molecule has 0 rings (SSSR count). The van der Waals surface area contributed by atoms with Crippen molar-refractivity contribution in [1.82, 2.24) is 0 Å². The van der Waals surface area contributed by atoms with Gasteiger partial charge in [0.2, 0.25) is 0 Å². The molecule has 0 saturated heterocycles. The number of rotatable bonds is 77. The minimum absolute atomic E-state index is 0.107. The summed E-state index contributed by atoms with van der Waals surface area (Å²) in [5, 5.41) is 10.6. The lowest BCUT2D eigenvalue weighted by Crippen LogP contribution is -2.30. The Morgan fingerprint density at radius 3 is 0.784 bits per heavy atom. The van der Waals surface area contributed by atoms with Crippen molar-refractivity contribution in [3.63, 3.8) is 0 Å². The zero-order chi connectivity index (χ0) is 71.4. The molecule has 576 valence electrons. The molecule has 0 spiro atoms. The van der Waals surface area contributed by atoms with Crippen LogP contribution in [0.5, 0.6) is 0 Å². The average molecular weight is 1420 g/mol. The van der Waals surface area contributed by atoms with Crippen LogP contribution in [-0.2, 0) is 65.4 Å². The Balaban J connectivity index is 5.25. The minimum atomic E-state index is -4.96. The predicted molar refractivity (Wildman–Crippen MR) is 395 cm³/mol. The van der Waals surface area contributed by atoms with Gasteiger partial charge in [0, 0.05) is 25.7 Å². The Bertz CT molecular complexity index is 1870. The lowest BCUT2D eigenvalue weighted by Gasteiger charge is -2.21. The maximum Gasteiger partial charge on any atom is 0.472 e. The van der Waals surface area contributed by atoms with Crippen LogP contribution in [0.1, 0.15) is 408 Å². The largest absolute Gasteiger partial charge is 0.472 e. The zero-order valence-electron chi connectivity index (χ0n) is 63.4. The molecule has 17 nitrogen and oxygen atoms in total. The molecule has 0 bridgehead atoms. The van der Waals surface area contributed by atoms with E-state index in [1.807, 2.05) is 0 Å². The van der Waals surface area contributed by atoms with Gasteiger partial charge in [-0.1, -0.05) is 356 Å². The average Bonchev–Trinajstić information content (AvgIpc) is 2.52. The fourth-order valence-electron chi connectivity index (χ4n) is 12.0. The first-order chi connectivity index (χ1) is 46.9. The first-order valence-electron chi connectivity index (χ1n) is 40.5. The second-order valence-electron chi connectivity index (χ2n) is 28.8. The Morgan fingerprint density at radius 1 is 0.299 bits per heavy atom. The van der Waals surface area contributed by atoms with Crippen molar-refractivity contribution in [2.24, 2.45) is 11.8 Å². The third-order valence-corrected chi connectivity index (χ3v) is 20.5. The van der Waals surface area contributed by atoms with Gasteiger partial charge in [0.1, 0.15) is 19.3 Å². The number of hydrogen-bond donors (Lipinski definition) is 3. The van der Waals surface area contributed by atoms with Crippen molar-refractivity contribution < 1.29 is 80.2 Å². The van der Waals surface area contributed by atoms with Crippen LogP contribution < -0.4 is 0 Å². The molecule has 0 radical (unpaired) electrons. The number of carbonyl (C=O) groups excluding carboxylic acids is 4. The van der Waals surface area contributed by atoms with Gasteiger partial charge in [-0.25, -0.2) is 9.13 Å². The normalized spacial score (nSPS) is 14.2. The van der Waals surface area contributed by atoms with Crippen LogP contribution >= 0.6 is 15.6 Å². The Morgan fingerprint density at radius 2 is 0.526 bits per heavy atom. The SMILES string of the molecule is CCCCCCCCCCCCCCCCCCC(=O)OC[C@H](COP(=O)(O)OC[C@@H](O)COP(=O)(O)OC[C@@H](COC(=O)CCCCCCCCC(C)CC)OC(=O)CCCCCCCCCCCCCCCC)OC(=O)CCCCCCCCCCCCCCCCC(C)C. The molecule has 0 aromatic heterocycles. The Labute approximate surface area is 594 Å². The summed E-state index contributed by atoms with van der Waals surface area (Å²) in [5.41, 5.74) is 0. The van der Waals surface area contributed by atoms with E-state index in [0.29, 0.717) is 25.7 Å². The number of ether oxygens (including phenoxy) is 4. The van der Waals surface area contributed by atoms with E-state index in [4.69, 9.17) is 37.0 Å². The number of phosphoric acid groups is 2. The number of hydrogen-bond acceptors (Lipinski definition) is 15. The summed E-state index contributed by atoms with van der Waals surface area (Å²) in [6, 6.07) is 0. The second-order valence-corrected chi connectivity index (χ2v) is 31.7. The molecule has 6 atom stereocenters. The minimum Gasteiger partial charge on any atom is -0.462 e. The number of aliphatic hydroxyl groups is 1. The summed E-state index contributed by atoms with van der Waals surface area (Å²) in [6.07, 6.45) is 58.2. The molecule has 3 unspecified atom stereocenters. The van der Waals surface area contributed by atoms with Crippen LogP contribution in [-0.4, -0.2) is 96.7 Å². The molecule has 97 heavy (non-hydrogen) atoms. The van der Waals surface area contributed by atoms with E-state index in [0.717, 1.165) is 108 Å². The van der Waals surface area contributed by atoms with Crippen molar-refractivity contribution in [2.75, 3.05) is 39.6 Å². The van der Waals surface area contributed by atoms with Gasteiger partial charge in [-0.15, -0.1) is 0 Å². The van der Waals surface area contributed by atoms with Crippen molar-refractivity contribution in [2.45, 2.75) is 426 Å². The number of esters is 4. The first-order valence-corrected chi connectivity index (χ1v) is 43.5. The van der Waals surface area contributed by atoms with E-state index in [-0.39, 0.29) is 25.7 Å². The molecule has 0 aliphatic heterocycles. The molecule has 0 aliphatic rings. The Hall–Kier alpha value is -1.94. The summed E-state index contributed by atoms with van der Waals surface area (Å²) in [7, 11) is -9.91. The van der Waals surface area contributed by atoms with Gasteiger partial charge < -0.3 is 33.8 Å². The highest BCUT2D eigenvalue weighted by atomic mass is 31.2. The monoisotopic (exact) mass is 1420 g/mol. The molecule has 0 aromatic rings. The molecule has 19 heteroatoms. The standard InChI is InChI=1S/C78H152O17P2/c1-7-10-12-14-16-18-20-22-24-25-30-33-37-41-48-54-60-75(80)88-66-73(94-77(82)63-57-51-43-39-35-31-27-26-28-32-36-40-46-52-58-70(4)5)68-92-96(84,85)90-64-72(79)65-91-97(86,87)93-69-74(67-89-76(81)61-55-49-45-44-47-53-59-71(6)9-3)95-78(83)62-56-50-42-38-34-29-23-21-19-17-15-13-11-8-2/h70-74,79H,7-69H2,1-6H3,(H,84,85)(H,86,87)/t71?,72-,73-,74-/m1/s1. The smallest absolute Gasteiger partial charge is 0.462 e. The molecule has 0 amide bonds. The lowest BCUT2D eigenvalue weighted by atomic mass is 10.00. The first kappa shape index (κ1) is 95.1. The van der Waals surface area contributed by atoms with Crippen molar-refractivity contribution >= 4 is 39.5 Å². The van der Waals surface area contributed by atoms with Gasteiger partial charge in [-0.3, -0.25) is 37.3 Å². The van der Waals surface area contributed by atoms with Crippen LogP contribution in [0.15, 0.2) is 0 Å². The topological polar surface area (TPSA) is 237 Å². The van der Waals surface area contributed by atoms with Crippen LogP contribution in [0.25, 0.3) is 0 Å². The number of aliphatic hydroxyl groups excluding tert-OH is 1. The van der Waals surface area contributed by atoms with Crippen molar-refractivity contribution in [1.29, 1.82) is 0 Å². The third-order valence-electron chi connectivity index (χ3n) is 18.6. The van der Waals surface area contributed by atoms with Gasteiger partial charge in [-0.2, -0.15) is 0 Å². The third kappa shape index (κ3) is 70.9. The van der Waals surface area contributed by atoms with Gasteiger partial charge in [0.05, 0.1) is 26.4 Å². The molecule has 0 fully saturated rings. The highest BCUT2D eigenvalue weighted by Gasteiger charge is 2.30. The fourth-order valence-corrected chi connectivity index (χ4v) is 13.6. The van der Waals surface area contributed by atoms with Crippen molar-refractivity contribution in [3.8, 4) is 0 Å². The quantitative estimate of drug-likeness (QED) is 0.0222. The van der Waals surface area contributed by atoms with Gasteiger partial charge in [-0.05, 0) is 37.5 Å². The van der Waals surface area contributed by atoms with E-state index in [1.54, 1.807) is 0 Å². The summed E-state index contributed by atoms with van der Waals surface area (Å²) in [6.45, 7) is 9.60. The molecule has 0 aliphatic carbocycles. The zero-order valence-corrected chi connectivity index (χ0v) is 65.2. The van der Waals surface area contributed by atoms with Crippen LogP contribution in [0, 0.1) is 11.8 Å². The summed E-state index contributed by atoms with van der Waals surface area (Å²) in [4.78, 5) is 72.9. The van der Waals surface area contributed by atoms with E-state index in [2.05, 4.69) is 41.5 Å². The molecular weight excluding hydrogens is 1270 g/mol. The van der Waals surface area contributed by atoms with E-state index in [9.17, 15) is 43.2 Å². The van der Waals surface area contributed by atoms with Gasteiger partial charge in [0.15, 0.2) is 12.2 Å². The maximum absolute atomic E-state index is 13.1. The van der Waals surface area contributed by atoms with Crippen LogP contribution in [0.2, 0.25) is 0 Å². The Kier molecular flexibility index (Phi) is 68.4. The molecule has 0 heterocycles. The number of unbranched alkanes of at least 4 members (excludes halogenated alkanes) is 46.